The molecule has 20 heavy (non-hydrogen) atoms. The van der Waals surface area contributed by atoms with E-state index in [0.717, 1.165) is 9.88 Å². The van der Waals surface area contributed by atoms with E-state index in [4.69, 9.17) is 0 Å². The lowest BCUT2D eigenvalue weighted by Gasteiger charge is -2.49. The average Bonchev–Trinajstić information content (AvgIpc) is 3.09. The van der Waals surface area contributed by atoms with Crippen molar-refractivity contribution in [3.63, 3.8) is 0 Å². The average molecular weight is 308 g/mol. The first-order chi connectivity index (χ1) is 9.48. The number of rotatable bonds is 3. The molecule has 2 N–H and O–H groups in total. The number of aliphatic hydroxyl groups excluding tert-OH is 1. The monoisotopic (exact) mass is 308 g/mol. The van der Waals surface area contributed by atoms with Gasteiger partial charge < -0.3 is 10.4 Å². The van der Waals surface area contributed by atoms with Crippen LogP contribution >= 0.6 is 22.7 Å². The lowest BCUT2D eigenvalue weighted by Crippen LogP contribution is -2.61. The van der Waals surface area contributed by atoms with Crippen molar-refractivity contribution in [3.05, 3.63) is 28.6 Å². The van der Waals surface area contributed by atoms with E-state index >= 15 is 0 Å². The molecule has 106 valence electrons. The van der Waals surface area contributed by atoms with Gasteiger partial charge in [0, 0.05) is 16.8 Å². The zero-order chi connectivity index (χ0) is 14.3. The van der Waals surface area contributed by atoms with Crippen LogP contribution in [0.25, 0.3) is 9.88 Å². The Balaban J connectivity index is 1.70. The summed E-state index contributed by atoms with van der Waals surface area (Å²) in [6, 6.07) is 3.98. The van der Waals surface area contributed by atoms with Crippen molar-refractivity contribution in [2.24, 2.45) is 5.41 Å². The van der Waals surface area contributed by atoms with Crippen LogP contribution in [0.4, 0.5) is 0 Å². The number of amides is 1. The van der Waals surface area contributed by atoms with Crippen LogP contribution in [-0.2, 0) is 0 Å². The molecule has 0 spiro atoms. The highest BCUT2D eigenvalue weighted by molar-refractivity contribution is 7.20. The number of carbonyl (C=O) groups is 1. The fourth-order valence-corrected chi connectivity index (χ4v) is 3.89. The second-order valence-corrected chi connectivity index (χ2v) is 7.42. The fourth-order valence-electron chi connectivity index (χ4n) is 2.27. The summed E-state index contributed by atoms with van der Waals surface area (Å²) in [7, 11) is 0. The van der Waals surface area contributed by atoms with E-state index in [-0.39, 0.29) is 23.5 Å². The molecule has 1 aliphatic carbocycles. The van der Waals surface area contributed by atoms with E-state index in [2.05, 4.69) is 10.3 Å². The van der Waals surface area contributed by atoms with Crippen molar-refractivity contribution in [1.29, 1.82) is 0 Å². The number of hydrogen-bond donors (Lipinski definition) is 2. The van der Waals surface area contributed by atoms with Gasteiger partial charge in [-0.2, -0.15) is 0 Å². The third-order valence-corrected chi connectivity index (χ3v) is 5.87. The van der Waals surface area contributed by atoms with Gasteiger partial charge in [0.25, 0.3) is 5.91 Å². The van der Waals surface area contributed by atoms with Crippen LogP contribution in [0.3, 0.4) is 0 Å². The summed E-state index contributed by atoms with van der Waals surface area (Å²) < 4.78 is 0. The van der Waals surface area contributed by atoms with Crippen molar-refractivity contribution < 1.29 is 9.90 Å². The Morgan fingerprint density at radius 3 is 2.90 bits per heavy atom. The van der Waals surface area contributed by atoms with Gasteiger partial charge in [0.2, 0.25) is 0 Å². The Morgan fingerprint density at radius 1 is 1.50 bits per heavy atom. The Morgan fingerprint density at radius 2 is 2.30 bits per heavy atom. The molecule has 0 aromatic carbocycles. The standard InChI is InChI=1S/C14H16N2O2S2/c1-14(2)10(6-11(14)17)16-12(18)8-7-20-13(15-8)9-4-3-5-19-9/h3-5,7,10-11,17H,6H2,1-2H3,(H,16,18). The minimum Gasteiger partial charge on any atom is -0.392 e. The largest absolute Gasteiger partial charge is 0.392 e. The van der Waals surface area contributed by atoms with Gasteiger partial charge in [-0.15, -0.1) is 22.7 Å². The maximum absolute atomic E-state index is 12.2. The van der Waals surface area contributed by atoms with Gasteiger partial charge >= 0.3 is 0 Å². The van der Waals surface area contributed by atoms with E-state index in [1.807, 2.05) is 31.4 Å². The van der Waals surface area contributed by atoms with E-state index in [9.17, 15) is 9.90 Å². The number of thiophene rings is 1. The normalized spacial score (nSPS) is 24.1. The summed E-state index contributed by atoms with van der Waals surface area (Å²) in [5.41, 5.74) is 0.193. The highest BCUT2D eigenvalue weighted by atomic mass is 32.1. The van der Waals surface area contributed by atoms with E-state index in [0.29, 0.717) is 12.1 Å². The van der Waals surface area contributed by atoms with E-state index in [1.165, 1.54) is 11.3 Å². The van der Waals surface area contributed by atoms with E-state index in [1.54, 1.807) is 16.7 Å². The number of nitrogens with zero attached hydrogens (tertiary/aromatic N) is 1. The van der Waals surface area contributed by atoms with Crippen LogP contribution in [0.1, 0.15) is 30.8 Å². The number of hydrogen-bond acceptors (Lipinski definition) is 5. The highest BCUT2D eigenvalue weighted by Crippen LogP contribution is 2.40. The Hall–Kier alpha value is -1.24. The smallest absolute Gasteiger partial charge is 0.271 e. The number of aliphatic hydroxyl groups is 1. The number of carbonyl (C=O) groups excluding carboxylic acids is 1. The molecule has 2 atom stereocenters. The van der Waals surface area contributed by atoms with Gasteiger partial charge in [-0.05, 0) is 17.9 Å². The molecule has 0 aliphatic heterocycles. The molecule has 6 heteroatoms. The van der Waals surface area contributed by atoms with Gasteiger partial charge in [-0.3, -0.25) is 4.79 Å². The van der Waals surface area contributed by atoms with Crippen molar-refractivity contribution in [1.82, 2.24) is 10.3 Å². The topological polar surface area (TPSA) is 62.2 Å². The molecule has 2 heterocycles. The lowest BCUT2D eigenvalue weighted by atomic mass is 9.64. The van der Waals surface area contributed by atoms with Crippen molar-refractivity contribution >= 4 is 28.6 Å². The van der Waals surface area contributed by atoms with Gasteiger partial charge in [-0.25, -0.2) is 4.98 Å². The summed E-state index contributed by atoms with van der Waals surface area (Å²) in [5, 5.41) is 17.3. The summed E-state index contributed by atoms with van der Waals surface area (Å²) in [6.45, 7) is 3.93. The minimum atomic E-state index is -0.343. The van der Waals surface area contributed by atoms with Crippen LogP contribution in [0.2, 0.25) is 0 Å². The summed E-state index contributed by atoms with van der Waals surface area (Å²) in [4.78, 5) is 17.6. The summed E-state index contributed by atoms with van der Waals surface area (Å²) in [5.74, 6) is -0.158. The second kappa shape index (κ2) is 4.95. The molecule has 2 aromatic rings. The third-order valence-electron chi connectivity index (χ3n) is 3.99. The lowest BCUT2D eigenvalue weighted by molar-refractivity contribution is -0.0690. The van der Waals surface area contributed by atoms with Gasteiger partial charge in [0.15, 0.2) is 0 Å². The molecule has 1 amide bonds. The van der Waals surface area contributed by atoms with Crippen molar-refractivity contribution in [3.8, 4) is 9.88 Å². The molecule has 1 saturated carbocycles. The first-order valence-corrected chi connectivity index (χ1v) is 8.23. The molecular formula is C14H16N2O2S2. The first-order valence-electron chi connectivity index (χ1n) is 6.47. The number of aromatic nitrogens is 1. The molecule has 0 radical (unpaired) electrons. The van der Waals surface area contributed by atoms with E-state index < -0.39 is 0 Å². The van der Waals surface area contributed by atoms with Crippen molar-refractivity contribution in [2.45, 2.75) is 32.4 Å². The van der Waals surface area contributed by atoms with Gasteiger partial charge in [0.05, 0.1) is 11.0 Å². The quantitative estimate of drug-likeness (QED) is 0.916. The molecule has 0 saturated heterocycles. The second-order valence-electron chi connectivity index (χ2n) is 5.61. The Bertz CT molecular complexity index is 619. The highest BCUT2D eigenvalue weighted by Gasteiger charge is 2.48. The molecule has 4 nitrogen and oxygen atoms in total. The Kier molecular flexibility index (Phi) is 3.40. The predicted molar refractivity (Wildman–Crippen MR) is 81.1 cm³/mol. The maximum Gasteiger partial charge on any atom is 0.271 e. The maximum atomic E-state index is 12.2. The zero-order valence-corrected chi connectivity index (χ0v) is 12.9. The molecule has 1 aliphatic rings. The summed E-state index contributed by atoms with van der Waals surface area (Å²) in [6.07, 6.45) is 0.269. The van der Waals surface area contributed by atoms with Crippen LogP contribution in [0, 0.1) is 5.41 Å². The number of thiazole rings is 1. The summed E-state index contributed by atoms with van der Waals surface area (Å²) >= 11 is 3.09. The zero-order valence-electron chi connectivity index (χ0n) is 11.3. The minimum absolute atomic E-state index is 0.0110. The molecule has 2 unspecified atom stereocenters. The predicted octanol–water partition coefficient (Wildman–Crippen LogP) is 2.76. The molecule has 3 rings (SSSR count). The third kappa shape index (κ3) is 2.28. The molecule has 1 fully saturated rings. The first kappa shape index (κ1) is 13.7. The van der Waals surface area contributed by atoms with Gasteiger partial charge in [0.1, 0.15) is 10.7 Å². The van der Waals surface area contributed by atoms with Crippen LogP contribution in [0.15, 0.2) is 22.9 Å². The van der Waals surface area contributed by atoms with Crippen LogP contribution in [0.5, 0.6) is 0 Å². The fraction of sp³-hybridized carbons (Fsp3) is 0.429. The van der Waals surface area contributed by atoms with Crippen molar-refractivity contribution in [2.75, 3.05) is 0 Å². The number of nitrogens with one attached hydrogen (secondary N) is 1. The molecule has 0 bridgehead atoms. The molecular weight excluding hydrogens is 292 g/mol. The molecule has 2 aromatic heterocycles. The SMILES string of the molecule is CC1(C)C(O)CC1NC(=O)c1csc(-c2cccs2)n1. The van der Waals surface area contributed by atoms with Gasteiger partial charge in [-0.1, -0.05) is 19.9 Å². The Labute approximate surface area is 125 Å². The van der Waals surface area contributed by atoms with Crippen LogP contribution < -0.4 is 5.32 Å². The van der Waals surface area contributed by atoms with Crippen LogP contribution in [-0.4, -0.2) is 28.1 Å².